The van der Waals surface area contributed by atoms with Crippen molar-refractivity contribution < 1.29 is 4.74 Å². The molecule has 0 radical (unpaired) electrons. The summed E-state index contributed by atoms with van der Waals surface area (Å²) in [6.07, 6.45) is 3.55. The van der Waals surface area contributed by atoms with Gasteiger partial charge in [-0.2, -0.15) is 0 Å². The topological polar surface area (TPSA) is 67.0 Å². The van der Waals surface area contributed by atoms with Gasteiger partial charge in [0, 0.05) is 47.6 Å². The van der Waals surface area contributed by atoms with E-state index in [-0.39, 0.29) is 11.5 Å². The van der Waals surface area contributed by atoms with Gasteiger partial charge in [-0.1, -0.05) is 18.2 Å². The van der Waals surface area contributed by atoms with Crippen molar-refractivity contribution in [1.82, 2.24) is 9.97 Å². The van der Waals surface area contributed by atoms with E-state index in [1.807, 2.05) is 37.4 Å². The van der Waals surface area contributed by atoms with Gasteiger partial charge in [0.1, 0.15) is 11.6 Å². The van der Waals surface area contributed by atoms with Gasteiger partial charge in [0.15, 0.2) is 0 Å². The molecule has 0 aliphatic carbocycles. The van der Waals surface area contributed by atoms with Crippen molar-refractivity contribution in [3.63, 3.8) is 0 Å². The van der Waals surface area contributed by atoms with Crippen molar-refractivity contribution in [2.45, 2.75) is 12.8 Å². The molecule has 4 rings (SSSR count). The zero-order valence-corrected chi connectivity index (χ0v) is 14.0. The summed E-state index contributed by atoms with van der Waals surface area (Å²) >= 11 is 0. The first-order valence-corrected chi connectivity index (χ1v) is 8.41. The molecule has 1 atom stereocenters. The third-order valence-electron chi connectivity index (χ3n) is 4.48. The lowest BCUT2D eigenvalue weighted by Crippen LogP contribution is -2.06. The molecular weight excluding hydrogens is 314 g/mol. The van der Waals surface area contributed by atoms with Crippen LogP contribution in [0, 0.1) is 0 Å². The summed E-state index contributed by atoms with van der Waals surface area (Å²) in [6.45, 7) is 3.43. The van der Waals surface area contributed by atoms with Crippen LogP contribution in [0.5, 0.6) is 5.75 Å². The lowest BCUT2D eigenvalue weighted by molar-refractivity contribution is 0.335. The lowest BCUT2D eigenvalue weighted by atomic mass is 9.92. The second-order valence-electron chi connectivity index (χ2n) is 6.01. The summed E-state index contributed by atoms with van der Waals surface area (Å²) in [7, 11) is 0. The molecular formula is C20H19N3O2. The van der Waals surface area contributed by atoms with E-state index in [4.69, 9.17) is 4.74 Å². The summed E-state index contributed by atoms with van der Waals surface area (Å²) in [5.41, 5.74) is 4.13. The molecule has 1 aromatic carbocycles. The lowest BCUT2D eigenvalue weighted by Gasteiger charge is -2.16. The number of benzene rings is 1. The second kappa shape index (κ2) is 6.43. The Morgan fingerprint density at radius 3 is 2.84 bits per heavy atom. The van der Waals surface area contributed by atoms with Gasteiger partial charge in [-0.05, 0) is 30.7 Å². The number of nitrogens with zero attached hydrogens (tertiary/aromatic N) is 1. The number of hydrogen-bond donors (Lipinski definition) is 2. The van der Waals surface area contributed by atoms with Crippen LogP contribution in [0.15, 0.2) is 59.7 Å². The predicted molar refractivity (Wildman–Crippen MR) is 98.2 cm³/mol. The van der Waals surface area contributed by atoms with Gasteiger partial charge in [0.25, 0.3) is 0 Å². The minimum atomic E-state index is -0.108. The Kier molecular flexibility index (Phi) is 3.98. The van der Waals surface area contributed by atoms with Crippen LogP contribution in [0.25, 0.3) is 11.1 Å². The SMILES string of the molecule is CCOc1ccccc1C1CNc2ncc(-c3ccc(=O)[nH]c3)cc21. The minimum absolute atomic E-state index is 0.108. The van der Waals surface area contributed by atoms with E-state index in [0.29, 0.717) is 6.61 Å². The highest BCUT2D eigenvalue weighted by molar-refractivity contribution is 5.68. The average molecular weight is 333 g/mol. The zero-order chi connectivity index (χ0) is 17.2. The maximum atomic E-state index is 11.3. The highest BCUT2D eigenvalue weighted by atomic mass is 16.5. The van der Waals surface area contributed by atoms with Crippen LogP contribution in [0.1, 0.15) is 24.0 Å². The highest BCUT2D eigenvalue weighted by Crippen LogP contribution is 2.40. The number of H-pyrrole nitrogens is 1. The largest absolute Gasteiger partial charge is 0.494 e. The molecule has 126 valence electrons. The second-order valence-corrected chi connectivity index (χ2v) is 6.01. The van der Waals surface area contributed by atoms with Crippen molar-refractivity contribution in [1.29, 1.82) is 0 Å². The fraction of sp³-hybridized carbons (Fsp3) is 0.200. The molecule has 25 heavy (non-hydrogen) atoms. The number of aromatic nitrogens is 2. The molecule has 0 fully saturated rings. The van der Waals surface area contributed by atoms with Crippen LogP contribution in [-0.4, -0.2) is 23.1 Å². The first-order valence-electron chi connectivity index (χ1n) is 8.41. The molecule has 2 N–H and O–H groups in total. The third kappa shape index (κ3) is 2.89. The van der Waals surface area contributed by atoms with Crippen LogP contribution in [0.4, 0.5) is 5.82 Å². The van der Waals surface area contributed by atoms with Gasteiger partial charge in [-0.15, -0.1) is 0 Å². The van der Waals surface area contributed by atoms with E-state index in [9.17, 15) is 4.79 Å². The molecule has 0 saturated carbocycles. The molecule has 1 unspecified atom stereocenters. The van der Waals surface area contributed by atoms with E-state index < -0.39 is 0 Å². The Balaban J connectivity index is 1.76. The van der Waals surface area contributed by atoms with Crippen LogP contribution >= 0.6 is 0 Å². The molecule has 0 amide bonds. The summed E-state index contributed by atoms with van der Waals surface area (Å²) in [5.74, 6) is 2.01. The maximum Gasteiger partial charge on any atom is 0.247 e. The summed E-state index contributed by atoms with van der Waals surface area (Å²) in [6, 6.07) is 13.6. The third-order valence-corrected chi connectivity index (χ3v) is 4.48. The predicted octanol–water partition coefficient (Wildman–Crippen LogP) is 3.39. The molecule has 0 saturated heterocycles. The van der Waals surface area contributed by atoms with Gasteiger partial charge in [-0.3, -0.25) is 4.79 Å². The van der Waals surface area contributed by atoms with Gasteiger partial charge >= 0.3 is 0 Å². The number of hydrogen-bond acceptors (Lipinski definition) is 4. The van der Waals surface area contributed by atoms with Crippen LogP contribution in [0.2, 0.25) is 0 Å². The smallest absolute Gasteiger partial charge is 0.247 e. The summed E-state index contributed by atoms with van der Waals surface area (Å²) in [5, 5.41) is 3.38. The fourth-order valence-electron chi connectivity index (χ4n) is 3.28. The Hall–Kier alpha value is -3.08. The number of rotatable bonds is 4. The van der Waals surface area contributed by atoms with Gasteiger partial charge in [-0.25, -0.2) is 4.98 Å². The van der Waals surface area contributed by atoms with Crippen LogP contribution in [0.3, 0.4) is 0 Å². The van der Waals surface area contributed by atoms with E-state index >= 15 is 0 Å². The number of para-hydroxylation sites is 1. The number of pyridine rings is 2. The van der Waals surface area contributed by atoms with Gasteiger partial charge < -0.3 is 15.0 Å². The van der Waals surface area contributed by atoms with E-state index in [0.717, 1.165) is 40.4 Å². The van der Waals surface area contributed by atoms with Crippen molar-refractivity contribution in [3.8, 4) is 16.9 Å². The average Bonchev–Trinajstić information content (AvgIpc) is 3.06. The number of anilines is 1. The molecule has 5 nitrogen and oxygen atoms in total. The molecule has 1 aliphatic heterocycles. The molecule has 5 heteroatoms. The minimum Gasteiger partial charge on any atom is -0.494 e. The number of ether oxygens (including phenoxy) is 1. The zero-order valence-electron chi connectivity index (χ0n) is 14.0. The monoisotopic (exact) mass is 333 g/mol. The first kappa shape index (κ1) is 15.4. The Labute approximate surface area is 145 Å². The Bertz CT molecular complexity index is 945. The van der Waals surface area contributed by atoms with Crippen molar-refractivity contribution in [2.24, 2.45) is 0 Å². The molecule has 2 aromatic heterocycles. The molecule has 3 aromatic rings. The van der Waals surface area contributed by atoms with Crippen molar-refractivity contribution in [2.75, 3.05) is 18.5 Å². The fourth-order valence-corrected chi connectivity index (χ4v) is 3.28. The first-order chi connectivity index (χ1) is 12.3. The Morgan fingerprint density at radius 1 is 1.16 bits per heavy atom. The molecule has 0 bridgehead atoms. The van der Waals surface area contributed by atoms with Crippen molar-refractivity contribution >= 4 is 5.82 Å². The number of aromatic amines is 1. The maximum absolute atomic E-state index is 11.3. The van der Waals surface area contributed by atoms with E-state index in [1.54, 1.807) is 6.20 Å². The number of fused-ring (bicyclic) bond motifs is 1. The standard InChI is InChI=1S/C20H19N3O2/c1-2-25-18-6-4-3-5-15(18)17-12-23-20-16(17)9-14(11-22-20)13-7-8-19(24)21-10-13/h3-11,17H,2,12H2,1H3,(H,21,24)(H,22,23). The van der Waals surface area contributed by atoms with Crippen molar-refractivity contribution in [3.05, 3.63) is 76.3 Å². The highest BCUT2D eigenvalue weighted by Gasteiger charge is 2.27. The summed E-state index contributed by atoms with van der Waals surface area (Å²) in [4.78, 5) is 18.6. The van der Waals surface area contributed by atoms with E-state index in [2.05, 4.69) is 27.4 Å². The molecule has 0 spiro atoms. The van der Waals surface area contributed by atoms with Crippen LogP contribution < -0.4 is 15.6 Å². The van der Waals surface area contributed by atoms with Gasteiger partial charge in [0.05, 0.1) is 6.61 Å². The van der Waals surface area contributed by atoms with E-state index in [1.165, 1.54) is 6.07 Å². The molecule has 3 heterocycles. The summed E-state index contributed by atoms with van der Waals surface area (Å²) < 4.78 is 5.80. The molecule has 1 aliphatic rings. The van der Waals surface area contributed by atoms with Gasteiger partial charge in [0.2, 0.25) is 5.56 Å². The van der Waals surface area contributed by atoms with Crippen LogP contribution in [-0.2, 0) is 0 Å². The number of nitrogens with one attached hydrogen (secondary N) is 2. The Morgan fingerprint density at radius 2 is 2.04 bits per heavy atom. The quantitative estimate of drug-likeness (QED) is 0.768. The normalized spacial score (nSPS) is 15.5.